The van der Waals surface area contributed by atoms with Crippen molar-refractivity contribution in [1.82, 2.24) is 0 Å². The molecule has 1 N–H and O–H groups in total. The van der Waals surface area contributed by atoms with Gasteiger partial charge in [-0.3, -0.25) is 4.79 Å². The highest BCUT2D eigenvalue weighted by Crippen LogP contribution is 2.33. The summed E-state index contributed by atoms with van der Waals surface area (Å²) in [7, 11) is 0. The summed E-state index contributed by atoms with van der Waals surface area (Å²) in [6.07, 6.45) is 1.48. The van der Waals surface area contributed by atoms with Gasteiger partial charge in [-0.2, -0.15) is 10.5 Å². The molecular weight excluding hydrogens is 640 g/mol. The minimum Gasteiger partial charge on any atom is -0.487 e. The van der Waals surface area contributed by atoms with Crippen LogP contribution in [0.2, 0.25) is 10.0 Å². The molecule has 0 aromatic heterocycles. The van der Waals surface area contributed by atoms with Gasteiger partial charge in [-0.1, -0.05) is 41.4 Å². The molecule has 3 aromatic carbocycles. The van der Waals surface area contributed by atoms with Gasteiger partial charge in [0.15, 0.2) is 0 Å². The molecule has 0 aliphatic heterocycles. The van der Waals surface area contributed by atoms with Crippen molar-refractivity contribution < 1.29 is 9.53 Å². The molecule has 0 saturated heterocycles. The van der Waals surface area contributed by atoms with Crippen molar-refractivity contribution in [2.75, 3.05) is 5.32 Å². The van der Waals surface area contributed by atoms with Gasteiger partial charge in [0.25, 0.3) is 5.91 Å². The molecule has 3 aromatic rings. The molecule has 0 unspecified atom stereocenters. The molecule has 0 aliphatic rings. The average molecular weight is 653 g/mol. The Kier molecular flexibility index (Phi) is 8.76. The lowest BCUT2D eigenvalue weighted by Gasteiger charge is -2.12. The Balaban J connectivity index is 1.79. The molecule has 0 spiro atoms. The number of nitrogens with zero attached hydrogens (tertiary/aromatic N) is 2. The number of amides is 1. The number of benzene rings is 3. The molecule has 0 bridgehead atoms. The van der Waals surface area contributed by atoms with E-state index in [0.717, 1.165) is 9.13 Å². The van der Waals surface area contributed by atoms with Crippen LogP contribution in [0.15, 0.2) is 64.6 Å². The molecule has 0 atom stereocenters. The second-order valence-corrected chi connectivity index (χ2v) is 9.46. The minimum absolute atomic E-state index is 0.0830. The summed E-state index contributed by atoms with van der Waals surface area (Å²) >= 11 is 17.5. The first-order valence-corrected chi connectivity index (χ1v) is 11.9. The van der Waals surface area contributed by atoms with Gasteiger partial charge in [-0.25, -0.2) is 0 Å². The number of nitriles is 2. The van der Waals surface area contributed by atoms with Gasteiger partial charge in [0.2, 0.25) is 0 Å². The molecule has 33 heavy (non-hydrogen) atoms. The fraction of sp³-hybridized carbons (Fsp3) is 0.0417. The van der Waals surface area contributed by atoms with E-state index >= 15 is 0 Å². The molecule has 1 amide bonds. The SMILES string of the molecule is N#C/C(=C\c1cc(Br)c(OCc2ccccc2C#N)c(I)c1)C(=O)Nc1ccc(Cl)c(Cl)c1. The predicted octanol–water partition coefficient (Wildman–Crippen LogP) is 7.36. The normalized spacial score (nSPS) is 10.8. The summed E-state index contributed by atoms with van der Waals surface area (Å²) in [6.45, 7) is 0.225. The molecule has 0 saturated carbocycles. The molecule has 3 rings (SSSR count). The third kappa shape index (κ3) is 6.49. The lowest BCUT2D eigenvalue weighted by molar-refractivity contribution is -0.112. The first-order chi connectivity index (χ1) is 15.8. The van der Waals surface area contributed by atoms with Crippen LogP contribution in [-0.2, 0) is 11.4 Å². The molecule has 5 nitrogen and oxygen atoms in total. The van der Waals surface area contributed by atoms with Crippen LogP contribution in [-0.4, -0.2) is 5.91 Å². The molecule has 0 fully saturated rings. The molecule has 0 radical (unpaired) electrons. The van der Waals surface area contributed by atoms with Crippen molar-refractivity contribution in [3.05, 3.63) is 94.9 Å². The Labute approximate surface area is 222 Å². The second kappa shape index (κ2) is 11.5. The third-order valence-electron chi connectivity index (χ3n) is 4.38. The van der Waals surface area contributed by atoms with Crippen molar-refractivity contribution in [2.24, 2.45) is 0 Å². The van der Waals surface area contributed by atoms with Crippen LogP contribution in [0.3, 0.4) is 0 Å². The standard InChI is InChI=1S/C24H13BrCl2IN3O2/c25-19-8-14(7-17(12-30)24(32)31-18-5-6-20(26)21(27)10-18)9-22(28)23(19)33-13-16-4-2-1-3-15(16)11-29/h1-10H,13H2,(H,31,32)/b17-7+. The second-order valence-electron chi connectivity index (χ2n) is 6.62. The van der Waals surface area contributed by atoms with Crippen molar-refractivity contribution in [3.8, 4) is 17.9 Å². The molecule has 0 heterocycles. The number of halogens is 4. The van der Waals surface area contributed by atoms with Crippen LogP contribution < -0.4 is 10.1 Å². The van der Waals surface area contributed by atoms with E-state index in [0.29, 0.717) is 37.1 Å². The number of carbonyl (C=O) groups is 1. The Morgan fingerprint density at radius 1 is 1.12 bits per heavy atom. The number of carbonyl (C=O) groups excluding carboxylic acids is 1. The van der Waals surface area contributed by atoms with E-state index in [1.165, 1.54) is 12.1 Å². The van der Waals surface area contributed by atoms with Crippen LogP contribution in [0.4, 0.5) is 5.69 Å². The van der Waals surface area contributed by atoms with Gasteiger partial charge in [-0.05, 0) is 86.6 Å². The van der Waals surface area contributed by atoms with Gasteiger partial charge in [-0.15, -0.1) is 0 Å². The highest BCUT2D eigenvalue weighted by molar-refractivity contribution is 14.1. The predicted molar refractivity (Wildman–Crippen MR) is 141 cm³/mol. The molecule has 0 aliphatic carbocycles. The van der Waals surface area contributed by atoms with Gasteiger partial charge in [0, 0.05) is 11.3 Å². The van der Waals surface area contributed by atoms with E-state index in [-0.39, 0.29) is 12.2 Å². The number of anilines is 1. The van der Waals surface area contributed by atoms with Crippen molar-refractivity contribution >= 4 is 79.4 Å². The number of nitrogens with one attached hydrogen (secondary N) is 1. The first kappa shape index (κ1) is 25.1. The van der Waals surface area contributed by atoms with Crippen molar-refractivity contribution in [1.29, 1.82) is 10.5 Å². The topological polar surface area (TPSA) is 85.9 Å². The van der Waals surface area contributed by atoms with Crippen molar-refractivity contribution in [3.63, 3.8) is 0 Å². The summed E-state index contributed by atoms with van der Waals surface area (Å²) in [6, 6.07) is 19.5. The van der Waals surface area contributed by atoms with Gasteiger partial charge >= 0.3 is 0 Å². The first-order valence-electron chi connectivity index (χ1n) is 9.30. The summed E-state index contributed by atoms with van der Waals surface area (Å²) in [5.74, 6) is 0.0229. The van der Waals surface area contributed by atoms with Crippen LogP contribution in [0, 0.1) is 26.2 Å². The molecule has 164 valence electrons. The zero-order valence-corrected chi connectivity index (χ0v) is 22.0. The van der Waals surface area contributed by atoms with Crippen molar-refractivity contribution in [2.45, 2.75) is 6.61 Å². The Morgan fingerprint density at radius 3 is 2.55 bits per heavy atom. The lowest BCUT2D eigenvalue weighted by atomic mass is 10.1. The third-order valence-corrected chi connectivity index (χ3v) is 6.51. The van der Waals surface area contributed by atoms with Gasteiger partial charge < -0.3 is 10.1 Å². The number of hydrogen-bond donors (Lipinski definition) is 1. The Bertz CT molecular complexity index is 1320. The van der Waals surface area contributed by atoms with Gasteiger partial charge in [0.05, 0.1) is 29.7 Å². The summed E-state index contributed by atoms with van der Waals surface area (Å²) < 4.78 is 7.35. The van der Waals surface area contributed by atoms with Crippen LogP contribution in [0.25, 0.3) is 6.08 Å². The highest BCUT2D eigenvalue weighted by Gasteiger charge is 2.14. The maximum atomic E-state index is 12.6. The number of ether oxygens (including phenoxy) is 1. The summed E-state index contributed by atoms with van der Waals surface area (Å²) in [4.78, 5) is 12.6. The smallest absolute Gasteiger partial charge is 0.266 e. The highest BCUT2D eigenvalue weighted by atomic mass is 127. The van der Waals surface area contributed by atoms with E-state index in [4.69, 9.17) is 27.9 Å². The lowest BCUT2D eigenvalue weighted by Crippen LogP contribution is -2.13. The fourth-order valence-corrected chi connectivity index (χ4v) is 4.86. The minimum atomic E-state index is -0.574. The molecular formula is C24H13BrCl2IN3O2. The fourth-order valence-electron chi connectivity index (χ4n) is 2.79. The van der Waals surface area contributed by atoms with Crippen LogP contribution in [0.5, 0.6) is 5.75 Å². The molecule has 9 heteroatoms. The summed E-state index contributed by atoms with van der Waals surface area (Å²) in [5, 5.41) is 22.0. The quantitative estimate of drug-likeness (QED) is 0.171. The van der Waals surface area contributed by atoms with E-state index < -0.39 is 5.91 Å². The zero-order valence-electron chi connectivity index (χ0n) is 16.7. The van der Waals surface area contributed by atoms with E-state index in [1.54, 1.807) is 36.4 Å². The van der Waals surface area contributed by atoms with E-state index in [2.05, 4.69) is 49.9 Å². The van der Waals surface area contributed by atoms with E-state index in [1.807, 2.05) is 18.2 Å². The Hall–Kier alpha value is -2.56. The largest absolute Gasteiger partial charge is 0.487 e. The monoisotopic (exact) mass is 651 g/mol. The van der Waals surface area contributed by atoms with Gasteiger partial charge in [0.1, 0.15) is 24.0 Å². The number of rotatable bonds is 6. The van der Waals surface area contributed by atoms with E-state index in [9.17, 15) is 15.3 Å². The van der Waals surface area contributed by atoms with Crippen LogP contribution in [0.1, 0.15) is 16.7 Å². The average Bonchev–Trinajstić information content (AvgIpc) is 2.79. The maximum Gasteiger partial charge on any atom is 0.266 e. The zero-order chi connectivity index (χ0) is 24.0. The Morgan fingerprint density at radius 2 is 1.88 bits per heavy atom. The maximum absolute atomic E-state index is 12.6. The summed E-state index contributed by atoms with van der Waals surface area (Å²) in [5.41, 5.74) is 2.30. The van der Waals surface area contributed by atoms with Crippen LogP contribution >= 0.6 is 61.7 Å². The number of hydrogen-bond acceptors (Lipinski definition) is 4.